The molecule has 0 saturated heterocycles. The first-order valence-electron chi connectivity index (χ1n) is 9.97. The molecule has 0 radical (unpaired) electrons. The molecular formula is C23H15NO11. The number of carbonyl (C=O) groups is 2. The number of carboxylic acids is 1. The highest BCUT2D eigenvalue weighted by Crippen LogP contribution is 2.25. The van der Waals surface area contributed by atoms with E-state index in [9.17, 15) is 29.2 Å². The summed E-state index contributed by atoms with van der Waals surface area (Å²) < 4.78 is 21.5. The fourth-order valence-corrected chi connectivity index (χ4v) is 3.27. The van der Waals surface area contributed by atoms with E-state index < -0.39 is 40.4 Å². The molecule has 2 heterocycles. The van der Waals surface area contributed by atoms with Crippen LogP contribution >= 0.6 is 0 Å². The molecule has 1 amide bonds. The quantitative estimate of drug-likeness (QED) is 0.352. The second-order valence-corrected chi connectivity index (χ2v) is 7.19. The molecule has 1 atom stereocenters. The lowest BCUT2D eigenvalue weighted by Crippen LogP contribution is -2.25. The molecule has 0 fully saturated rings. The molecule has 0 aliphatic heterocycles. The third kappa shape index (κ3) is 4.77. The maximum Gasteiger partial charge on any atom is 0.371 e. The van der Waals surface area contributed by atoms with Gasteiger partial charge in [0.05, 0.1) is 0 Å². The van der Waals surface area contributed by atoms with Gasteiger partial charge < -0.3 is 28.5 Å². The van der Waals surface area contributed by atoms with Crippen LogP contribution in [-0.2, 0) is 0 Å². The van der Waals surface area contributed by atoms with Gasteiger partial charge in [0.25, 0.3) is 0 Å². The Morgan fingerprint density at radius 3 is 1.83 bits per heavy atom. The highest BCUT2D eigenvalue weighted by Gasteiger charge is 2.18. The van der Waals surface area contributed by atoms with E-state index in [4.69, 9.17) is 23.4 Å². The lowest BCUT2D eigenvalue weighted by molar-refractivity contribution is 0.0636. The summed E-state index contributed by atoms with van der Waals surface area (Å²) in [6.45, 7) is -0.639. The van der Waals surface area contributed by atoms with E-state index in [0.717, 1.165) is 12.1 Å². The van der Waals surface area contributed by atoms with Gasteiger partial charge in [0.1, 0.15) is 52.8 Å². The number of amides is 1. The molecule has 0 aliphatic rings. The van der Waals surface area contributed by atoms with Crippen molar-refractivity contribution in [3.05, 3.63) is 85.4 Å². The van der Waals surface area contributed by atoms with E-state index in [1.165, 1.54) is 36.4 Å². The SMILES string of the molecule is O=NC(=O)c1cc(=O)c2c(OCC(O)COc3cccc4oc(C(=O)O)cc(=O)c34)cccc2o1. The number of nitroso groups, excluding NO2 is 1. The second kappa shape index (κ2) is 9.57. The molecule has 2 aromatic carbocycles. The third-order valence-corrected chi connectivity index (χ3v) is 4.80. The van der Waals surface area contributed by atoms with Crippen molar-refractivity contribution in [3.8, 4) is 11.5 Å². The summed E-state index contributed by atoms with van der Waals surface area (Å²) >= 11 is 0. The van der Waals surface area contributed by atoms with E-state index in [1.807, 2.05) is 0 Å². The lowest BCUT2D eigenvalue weighted by atomic mass is 10.2. The number of hydrogen-bond donors (Lipinski definition) is 2. The third-order valence-electron chi connectivity index (χ3n) is 4.80. The molecule has 0 saturated carbocycles. The number of rotatable bonds is 8. The van der Waals surface area contributed by atoms with Crippen LogP contribution in [0.3, 0.4) is 0 Å². The summed E-state index contributed by atoms with van der Waals surface area (Å²) in [5, 5.41) is 21.5. The fourth-order valence-electron chi connectivity index (χ4n) is 3.27. The summed E-state index contributed by atoms with van der Waals surface area (Å²) in [7, 11) is 0. The van der Waals surface area contributed by atoms with Crippen molar-refractivity contribution in [2.45, 2.75) is 6.10 Å². The smallest absolute Gasteiger partial charge is 0.371 e. The standard InChI is InChI=1S/C23H15NO11/c25-11(10-33-15-4-2-6-17-21(15)13(27)8-19(35-17)23(29)30)9-32-14-3-1-5-16-20(14)12(26)7-18(34-16)22(28)24-31/h1-8,11,25H,9-10H2,(H,29,30). The first-order chi connectivity index (χ1) is 16.8. The predicted molar refractivity (Wildman–Crippen MR) is 119 cm³/mol. The Labute approximate surface area is 193 Å². The highest BCUT2D eigenvalue weighted by atomic mass is 16.5. The zero-order valence-corrected chi connectivity index (χ0v) is 17.6. The molecule has 35 heavy (non-hydrogen) atoms. The second-order valence-electron chi connectivity index (χ2n) is 7.19. The van der Waals surface area contributed by atoms with Crippen molar-refractivity contribution in [3.63, 3.8) is 0 Å². The van der Waals surface area contributed by atoms with E-state index in [2.05, 4.69) is 5.18 Å². The molecule has 4 rings (SSSR count). The first kappa shape index (κ1) is 23.3. The number of aliphatic hydroxyl groups is 1. The minimum absolute atomic E-state index is 0.00301. The van der Waals surface area contributed by atoms with E-state index in [1.54, 1.807) is 0 Å². The number of nitrogens with zero attached hydrogens (tertiary/aromatic N) is 1. The monoisotopic (exact) mass is 481 g/mol. The molecule has 2 aromatic heterocycles. The minimum atomic E-state index is -1.39. The Morgan fingerprint density at radius 2 is 1.34 bits per heavy atom. The van der Waals surface area contributed by atoms with Crippen LogP contribution in [0.5, 0.6) is 11.5 Å². The average molecular weight is 481 g/mol. The van der Waals surface area contributed by atoms with Crippen molar-refractivity contribution in [1.29, 1.82) is 0 Å². The zero-order chi connectivity index (χ0) is 25.1. The van der Waals surface area contributed by atoms with Gasteiger partial charge >= 0.3 is 11.9 Å². The van der Waals surface area contributed by atoms with Crippen molar-refractivity contribution < 1.29 is 38.1 Å². The van der Waals surface area contributed by atoms with Crippen LogP contribution in [0.25, 0.3) is 21.9 Å². The van der Waals surface area contributed by atoms with Crippen molar-refractivity contribution in [2.24, 2.45) is 5.18 Å². The van der Waals surface area contributed by atoms with Gasteiger partial charge in [-0.3, -0.25) is 14.4 Å². The molecule has 1 unspecified atom stereocenters. The van der Waals surface area contributed by atoms with Gasteiger partial charge in [-0.15, -0.1) is 4.91 Å². The number of benzene rings is 2. The number of carbonyl (C=O) groups excluding carboxylic acids is 1. The molecule has 0 aliphatic carbocycles. The molecule has 4 aromatic rings. The summed E-state index contributed by atoms with van der Waals surface area (Å²) in [5.41, 5.74) is -1.29. The highest BCUT2D eigenvalue weighted by molar-refractivity contribution is 5.94. The summed E-state index contributed by atoms with van der Waals surface area (Å²) in [5.74, 6) is -3.54. The molecular weight excluding hydrogens is 466 g/mol. The number of carboxylic acid groups (broad SMARTS) is 1. The molecule has 178 valence electrons. The van der Waals surface area contributed by atoms with Crippen LogP contribution in [0.4, 0.5) is 0 Å². The Bertz CT molecular complexity index is 1580. The van der Waals surface area contributed by atoms with Gasteiger partial charge in [0.2, 0.25) is 11.5 Å². The molecule has 0 bridgehead atoms. The van der Waals surface area contributed by atoms with Gasteiger partial charge in [0.15, 0.2) is 10.9 Å². The zero-order valence-electron chi connectivity index (χ0n) is 17.6. The van der Waals surface area contributed by atoms with Crippen LogP contribution in [0.15, 0.2) is 72.1 Å². The summed E-state index contributed by atoms with van der Waals surface area (Å²) in [6.07, 6.45) is -1.21. The molecule has 12 nitrogen and oxygen atoms in total. The maximum atomic E-state index is 12.4. The van der Waals surface area contributed by atoms with Crippen LogP contribution in [0.1, 0.15) is 21.1 Å². The summed E-state index contributed by atoms with van der Waals surface area (Å²) in [6, 6.07) is 10.3. The predicted octanol–water partition coefficient (Wildman–Crippen LogP) is 2.32. The van der Waals surface area contributed by atoms with Gasteiger partial charge in [-0.2, -0.15) is 0 Å². The van der Waals surface area contributed by atoms with Crippen LogP contribution in [0.2, 0.25) is 0 Å². The summed E-state index contributed by atoms with van der Waals surface area (Å²) in [4.78, 5) is 57.7. The van der Waals surface area contributed by atoms with Crippen molar-refractivity contribution in [1.82, 2.24) is 0 Å². The average Bonchev–Trinajstić information content (AvgIpc) is 2.85. The first-order valence-corrected chi connectivity index (χ1v) is 9.97. The van der Waals surface area contributed by atoms with Crippen LogP contribution in [0, 0.1) is 4.91 Å². The molecule has 2 N–H and O–H groups in total. The van der Waals surface area contributed by atoms with E-state index in [-0.39, 0.29) is 46.7 Å². The number of fused-ring (bicyclic) bond motifs is 2. The Morgan fingerprint density at radius 1 is 0.857 bits per heavy atom. The molecule has 0 spiro atoms. The fraction of sp³-hybridized carbons (Fsp3) is 0.130. The minimum Gasteiger partial charge on any atom is -0.490 e. The molecule has 12 heteroatoms. The van der Waals surface area contributed by atoms with Gasteiger partial charge in [-0.1, -0.05) is 12.1 Å². The number of hydrogen-bond acceptors (Lipinski definition) is 10. The van der Waals surface area contributed by atoms with Crippen LogP contribution < -0.4 is 20.3 Å². The number of aromatic carboxylic acids is 1. The Kier molecular flexibility index (Phi) is 6.38. The van der Waals surface area contributed by atoms with Crippen molar-refractivity contribution in [2.75, 3.05) is 13.2 Å². The Hall–Kier alpha value is -4.84. The van der Waals surface area contributed by atoms with Gasteiger partial charge in [-0.25, -0.2) is 4.79 Å². The van der Waals surface area contributed by atoms with Crippen LogP contribution in [-0.4, -0.2) is 41.4 Å². The number of ether oxygens (including phenoxy) is 2. The topological polar surface area (TPSA) is 183 Å². The largest absolute Gasteiger partial charge is 0.490 e. The van der Waals surface area contributed by atoms with Gasteiger partial charge in [-0.05, 0) is 24.3 Å². The van der Waals surface area contributed by atoms with Crippen molar-refractivity contribution >= 4 is 33.8 Å². The normalized spacial score (nSPS) is 11.8. The van der Waals surface area contributed by atoms with Gasteiger partial charge in [0, 0.05) is 17.3 Å². The maximum absolute atomic E-state index is 12.4. The van der Waals surface area contributed by atoms with E-state index >= 15 is 0 Å². The van der Waals surface area contributed by atoms with E-state index in [0.29, 0.717) is 0 Å². The lowest BCUT2D eigenvalue weighted by Gasteiger charge is -2.15. The number of aliphatic hydroxyl groups excluding tert-OH is 1. The Balaban J connectivity index is 1.49.